The van der Waals surface area contributed by atoms with Gasteiger partial charge in [0, 0.05) is 12.6 Å². The summed E-state index contributed by atoms with van der Waals surface area (Å²) in [4.78, 5) is 11.7. The van der Waals surface area contributed by atoms with Crippen LogP contribution in [0.5, 0.6) is 0 Å². The number of hydrogen-bond donors (Lipinski definition) is 3. The first-order valence-corrected chi connectivity index (χ1v) is 5.65. The van der Waals surface area contributed by atoms with E-state index in [0.717, 1.165) is 11.4 Å². The summed E-state index contributed by atoms with van der Waals surface area (Å²) in [6, 6.07) is -0.0400. The van der Waals surface area contributed by atoms with Crippen LogP contribution in [0.25, 0.3) is 0 Å². The lowest BCUT2D eigenvalue weighted by Gasteiger charge is -2.12. The van der Waals surface area contributed by atoms with Crippen molar-refractivity contribution in [1.82, 2.24) is 15.1 Å². The summed E-state index contributed by atoms with van der Waals surface area (Å²) in [5.74, 6) is -0.128. The molecule has 0 aliphatic carbocycles. The summed E-state index contributed by atoms with van der Waals surface area (Å²) >= 11 is 0. The Balaban J connectivity index is 2.59. The van der Waals surface area contributed by atoms with Crippen LogP contribution in [0.15, 0.2) is 0 Å². The topological polar surface area (TPSA) is 93.2 Å². The minimum absolute atomic E-state index is 0.0400. The summed E-state index contributed by atoms with van der Waals surface area (Å²) < 4.78 is 1.59. The van der Waals surface area contributed by atoms with E-state index < -0.39 is 0 Å². The first kappa shape index (κ1) is 13.5. The number of rotatable bonds is 5. The molecule has 0 radical (unpaired) electrons. The third-order valence-electron chi connectivity index (χ3n) is 2.70. The van der Waals surface area contributed by atoms with Crippen LogP contribution in [0.1, 0.15) is 24.7 Å². The summed E-state index contributed by atoms with van der Waals surface area (Å²) in [6.07, 6.45) is 0.547. The number of carbonyl (C=O) groups excluding carboxylic acids is 1. The molecule has 1 unspecified atom stereocenters. The third-order valence-corrected chi connectivity index (χ3v) is 2.70. The quantitative estimate of drug-likeness (QED) is 0.673. The van der Waals surface area contributed by atoms with E-state index in [4.69, 9.17) is 10.8 Å². The van der Waals surface area contributed by atoms with Crippen LogP contribution in [0, 0.1) is 13.8 Å². The average molecular weight is 240 g/mol. The van der Waals surface area contributed by atoms with E-state index in [-0.39, 0.29) is 25.1 Å². The Morgan fingerprint density at radius 2 is 2.24 bits per heavy atom. The number of anilines is 1. The number of amides is 1. The monoisotopic (exact) mass is 240 g/mol. The van der Waals surface area contributed by atoms with Gasteiger partial charge in [-0.25, -0.2) is 0 Å². The summed E-state index contributed by atoms with van der Waals surface area (Å²) in [5, 5.41) is 15.7. The van der Waals surface area contributed by atoms with Crippen molar-refractivity contribution in [2.45, 2.75) is 39.8 Å². The van der Waals surface area contributed by atoms with Gasteiger partial charge < -0.3 is 16.2 Å². The molecule has 17 heavy (non-hydrogen) atoms. The second kappa shape index (κ2) is 5.67. The van der Waals surface area contributed by atoms with Crippen molar-refractivity contribution in [2.24, 2.45) is 0 Å². The number of nitrogens with one attached hydrogen (secondary N) is 1. The van der Waals surface area contributed by atoms with Gasteiger partial charge in [-0.1, -0.05) is 0 Å². The number of hydrogen-bond acceptors (Lipinski definition) is 4. The SMILES string of the molecule is Cc1nn(CC(=O)NC(C)CCO)c(C)c1N. The lowest BCUT2D eigenvalue weighted by molar-refractivity contribution is -0.122. The highest BCUT2D eigenvalue weighted by molar-refractivity contribution is 5.76. The van der Waals surface area contributed by atoms with E-state index in [1.807, 2.05) is 20.8 Å². The molecule has 4 N–H and O–H groups in total. The van der Waals surface area contributed by atoms with E-state index in [1.54, 1.807) is 4.68 Å². The van der Waals surface area contributed by atoms with Crippen LogP contribution >= 0.6 is 0 Å². The van der Waals surface area contributed by atoms with Gasteiger partial charge in [-0.05, 0) is 27.2 Å². The number of aliphatic hydroxyl groups excluding tert-OH is 1. The van der Waals surface area contributed by atoms with Crippen molar-refractivity contribution in [1.29, 1.82) is 0 Å². The van der Waals surface area contributed by atoms with Crippen LogP contribution in [0.2, 0.25) is 0 Å². The minimum Gasteiger partial charge on any atom is -0.396 e. The number of aromatic nitrogens is 2. The van der Waals surface area contributed by atoms with E-state index in [0.29, 0.717) is 12.1 Å². The zero-order chi connectivity index (χ0) is 13.0. The van der Waals surface area contributed by atoms with Crippen molar-refractivity contribution >= 4 is 11.6 Å². The maximum absolute atomic E-state index is 11.7. The fourth-order valence-electron chi connectivity index (χ4n) is 1.59. The van der Waals surface area contributed by atoms with Crippen LogP contribution < -0.4 is 11.1 Å². The highest BCUT2D eigenvalue weighted by atomic mass is 16.3. The Labute approximate surface area is 101 Å². The molecular weight excluding hydrogens is 220 g/mol. The van der Waals surface area contributed by atoms with Crippen LogP contribution in [0.3, 0.4) is 0 Å². The van der Waals surface area contributed by atoms with Crippen LogP contribution in [-0.4, -0.2) is 33.4 Å². The third kappa shape index (κ3) is 3.45. The molecular formula is C11H20N4O2. The predicted molar refractivity (Wildman–Crippen MR) is 65.4 cm³/mol. The molecule has 0 saturated carbocycles. The van der Waals surface area contributed by atoms with Gasteiger partial charge >= 0.3 is 0 Å². The molecule has 1 aromatic rings. The molecule has 0 saturated heterocycles. The molecule has 0 aliphatic rings. The van der Waals surface area contributed by atoms with Crippen molar-refractivity contribution < 1.29 is 9.90 Å². The molecule has 1 rings (SSSR count). The Kier molecular flexibility index (Phi) is 4.51. The fraction of sp³-hybridized carbons (Fsp3) is 0.636. The lowest BCUT2D eigenvalue weighted by atomic mass is 10.2. The van der Waals surface area contributed by atoms with Gasteiger partial charge in [0.25, 0.3) is 0 Å². The molecule has 0 fully saturated rings. The molecule has 1 aromatic heterocycles. The first-order valence-electron chi connectivity index (χ1n) is 5.65. The Bertz CT molecular complexity index is 400. The Morgan fingerprint density at radius 3 is 2.71 bits per heavy atom. The van der Waals surface area contributed by atoms with E-state index in [2.05, 4.69) is 10.4 Å². The second-order valence-electron chi connectivity index (χ2n) is 4.22. The molecule has 0 aromatic carbocycles. The Morgan fingerprint density at radius 1 is 1.59 bits per heavy atom. The zero-order valence-corrected chi connectivity index (χ0v) is 10.5. The maximum Gasteiger partial charge on any atom is 0.241 e. The zero-order valence-electron chi connectivity index (χ0n) is 10.5. The number of aliphatic hydroxyl groups is 1. The molecule has 0 bridgehead atoms. The average Bonchev–Trinajstić information content (AvgIpc) is 2.46. The molecule has 1 atom stereocenters. The molecule has 1 amide bonds. The smallest absolute Gasteiger partial charge is 0.241 e. The van der Waals surface area contributed by atoms with Crippen molar-refractivity contribution in [3.63, 3.8) is 0 Å². The Hall–Kier alpha value is -1.56. The van der Waals surface area contributed by atoms with Crippen LogP contribution in [0.4, 0.5) is 5.69 Å². The van der Waals surface area contributed by atoms with Gasteiger partial charge in [0.2, 0.25) is 5.91 Å². The molecule has 1 heterocycles. The van der Waals surface area contributed by atoms with Gasteiger partial charge in [-0.2, -0.15) is 5.10 Å². The summed E-state index contributed by atoms with van der Waals surface area (Å²) in [5.41, 5.74) is 7.94. The standard InChI is InChI=1S/C11H20N4O2/c1-7(4-5-16)13-10(17)6-15-9(3)11(12)8(2)14-15/h7,16H,4-6,12H2,1-3H3,(H,13,17). The number of aryl methyl sites for hydroxylation is 1. The van der Waals surface area contributed by atoms with E-state index in [1.165, 1.54) is 0 Å². The minimum atomic E-state index is -0.128. The predicted octanol–water partition coefficient (Wildman–Crippen LogP) is -0.0308. The number of nitrogens with two attached hydrogens (primary N) is 1. The van der Waals surface area contributed by atoms with Crippen LogP contribution in [-0.2, 0) is 11.3 Å². The molecule has 6 nitrogen and oxygen atoms in total. The van der Waals surface area contributed by atoms with Gasteiger partial charge in [0.05, 0.1) is 17.1 Å². The molecule has 96 valence electrons. The van der Waals surface area contributed by atoms with Gasteiger partial charge in [-0.15, -0.1) is 0 Å². The van der Waals surface area contributed by atoms with E-state index in [9.17, 15) is 4.79 Å². The normalized spacial score (nSPS) is 12.5. The highest BCUT2D eigenvalue weighted by Gasteiger charge is 2.12. The van der Waals surface area contributed by atoms with Gasteiger partial charge in [0.1, 0.15) is 6.54 Å². The first-order chi connectivity index (χ1) is 7.95. The summed E-state index contributed by atoms with van der Waals surface area (Å²) in [7, 11) is 0. The molecule has 6 heteroatoms. The van der Waals surface area contributed by atoms with Crippen molar-refractivity contribution in [2.75, 3.05) is 12.3 Å². The summed E-state index contributed by atoms with van der Waals surface area (Å²) in [6.45, 7) is 5.71. The number of nitrogens with zero attached hydrogens (tertiary/aromatic N) is 2. The van der Waals surface area contributed by atoms with E-state index >= 15 is 0 Å². The second-order valence-corrected chi connectivity index (χ2v) is 4.22. The fourth-order valence-corrected chi connectivity index (χ4v) is 1.59. The highest BCUT2D eigenvalue weighted by Crippen LogP contribution is 2.14. The largest absolute Gasteiger partial charge is 0.396 e. The van der Waals surface area contributed by atoms with Crippen molar-refractivity contribution in [3.8, 4) is 0 Å². The van der Waals surface area contributed by atoms with Crippen molar-refractivity contribution in [3.05, 3.63) is 11.4 Å². The van der Waals surface area contributed by atoms with Gasteiger partial charge in [0.15, 0.2) is 0 Å². The molecule has 0 aliphatic heterocycles. The number of carbonyl (C=O) groups is 1. The number of nitrogen functional groups attached to an aromatic ring is 1. The molecule has 0 spiro atoms. The maximum atomic E-state index is 11.7. The lowest BCUT2D eigenvalue weighted by Crippen LogP contribution is -2.36. The van der Waals surface area contributed by atoms with Gasteiger partial charge in [-0.3, -0.25) is 9.48 Å².